The largest absolute Gasteiger partial charge is 0.295 e. The van der Waals surface area contributed by atoms with Crippen molar-refractivity contribution in [3.05, 3.63) is 73.5 Å². The minimum Gasteiger partial charge on any atom is -0.295 e. The van der Waals surface area contributed by atoms with Gasteiger partial charge in [0.05, 0.1) is 16.3 Å². The Hall–Kier alpha value is -3.07. The third-order valence-electron chi connectivity index (χ3n) is 3.19. The van der Waals surface area contributed by atoms with E-state index < -0.39 is 10.5 Å². The topological polar surface area (TPSA) is 117 Å². The minimum absolute atomic E-state index is 0.0541. The van der Waals surface area contributed by atoms with Gasteiger partial charge in [0.1, 0.15) is 0 Å². The number of hydrogen-bond acceptors (Lipinski definition) is 5. The Morgan fingerprint density at radius 2 is 1.79 bits per heavy atom. The zero-order chi connectivity index (χ0) is 17.1. The maximum Gasteiger partial charge on any atom is 0.292 e. The van der Waals surface area contributed by atoms with E-state index >= 15 is 0 Å². The number of non-ortho nitro benzene ring substituents is 1. The van der Waals surface area contributed by atoms with Gasteiger partial charge in [0, 0.05) is 22.2 Å². The highest BCUT2D eigenvalue weighted by Crippen LogP contribution is 2.29. The SMILES string of the molecule is O=c1[nH][nH]c(-c2cccc([N+](=O)[O-])c2)c1N=Nc1ccc(Br)cc1. The first kappa shape index (κ1) is 15.8. The monoisotopic (exact) mass is 387 g/mol. The molecule has 0 aliphatic rings. The second kappa shape index (κ2) is 6.59. The summed E-state index contributed by atoms with van der Waals surface area (Å²) < 4.78 is 0.901. The molecule has 0 aliphatic carbocycles. The molecule has 120 valence electrons. The molecule has 0 bridgehead atoms. The summed E-state index contributed by atoms with van der Waals surface area (Å²) in [6.45, 7) is 0. The van der Waals surface area contributed by atoms with Gasteiger partial charge in [-0.2, -0.15) is 5.11 Å². The van der Waals surface area contributed by atoms with Crippen LogP contribution in [0, 0.1) is 10.1 Å². The number of halogens is 1. The van der Waals surface area contributed by atoms with E-state index in [1.807, 2.05) is 0 Å². The number of nitro benzene ring substituents is 1. The van der Waals surface area contributed by atoms with Crippen molar-refractivity contribution in [1.29, 1.82) is 0 Å². The van der Waals surface area contributed by atoms with Gasteiger partial charge >= 0.3 is 0 Å². The van der Waals surface area contributed by atoms with E-state index in [1.54, 1.807) is 30.3 Å². The van der Waals surface area contributed by atoms with Gasteiger partial charge in [-0.15, -0.1) is 5.11 Å². The molecule has 0 saturated carbocycles. The number of nitrogens with one attached hydrogen (secondary N) is 2. The number of rotatable bonds is 4. The number of H-pyrrole nitrogens is 2. The highest BCUT2D eigenvalue weighted by atomic mass is 79.9. The van der Waals surface area contributed by atoms with Gasteiger partial charge < -0.3 is 0 Å². The highest BCUT2D eigenvalue weighted by Gasteiger charge is 2.14. The first-order valence-electron chi connectivity index (χ1n) is 6.77. The Labute approximate surface area is 143 Å². The molecular weight excluding hydrogens is 378 g/mol. The lowest BCUT2D eigenvalue weighted by Gasteiger charge is -1.99. The number of benzene rings is 2. The zero-order valence-corrected chi connectivity index (χ0v) is 13.6. The van der Waals surface area contributed by atoms with E-state index in [0.717, 1.165) is 4.47 Å². The molecule has 1 aromatic heterocycles. The van der Waals surface area contributed by atoms with Crippen molar-refractivity contribution < 1.29 is 4.92 Å². The predicted octanol–water partition coefficient (Wildman–Crippen LogP) is 4.46. The van der Waals surface area contributed by atoms with E-state index in [2.05, 4.69) is 36.4 Å². The lowest BCUT2D eigenvalue weighted by molar-refractivity contribution is -0.384. The predicted molar refractivity (Wildman–Crippen MR) is 91.8 cm³/mol. The van der Waals surface area contributed by atoms with Gasteiger partial charge in [-0.3, -0.25) is 25.1 Å². The molecule has 8 nitrogen and oxygen atoms in total. The lowest BCUT2D eigenvalue weighted by Crippen LogP contribution is -1.96. The van der Waals surface area contributed by atoms with Crippen LogP contribution in [0.4, 0.5) is 17.1 Å². The third kappa shape index (κ3) is 3.30. The van der Waals surface area contributed by atoms with Crippen LogP contribution in [0.15, 0.2) is 68.0 Å². The smallest absolute Gasteiger partial charge is 0.292 e. The molecule has 0 saturated heterocycles. The fourth-order valence-electron chi connectivity index (χ4n) is 2.05. The van der Waals surface area contributed by atoms with Crippen LogP contribution in [0.2, 0.25) is 0 Å². The molecule has 24 heavy (non-hydrogen) atoms. The first-order chi connectivity index (χ1) is 11.5. The maximum absolute atomic E-state index is 11.9. The second-order valence-corrected chi connectivity index (χ2v) is 5.70. The molecule has 3 aromatic rings. The number of hydrogen-bond donors (Lipinski definition) is 2. The molecule has 0 amide bonds. The normalized spacial score (nSPS) is 11.0. The van der Waals surface area contributed by atoms with Crippen LogP contribution in [-0.4, -0.2) is 15.1 Å². The molecular formula is C15H10BrN5O3. The van der Waals surface area contributed by atoms with E-state index in [0.29, 0.717) is 16.9 Å². The van der Waals surface area contributed by atoms with Crippen molar-refractivity contribution >= 4 is 33.0 Å². The van der Waals surface area contributed by atoms with E-state index in [1.165, 1.54) is 18.2 Å². The summed E-state index contributed by atoms with van der Waals surface area (Å²) in [4.78, 5) is 22.3. The molecule has 3 rings (SSSR count). The average molecular weight is 388 g/mol. The van der Waals surface area contributed by atoms with Crippen molar-refractivity contribution in [2.24, 2.45) is 10.2 Å². The zero-order valence-electron chi connectivity index (χ0n) is 12.1. The van der Waals surface area contributed by atoms with Crippen LogP contribution in [0.1, 0.15) is 0 Å². The Balaban J connectivity index is 2.00. The van der Waals surface area contributed by atoms with Crippen molar-refractivity contribution in [3.8, 4) is 11.3 Å². The van der Waals surface area contributed by atoms with Crippen LogP contribution < -0.4 is 5.56 Å². The molecule has 1 heterocycles. The number of nitro groups is 1. The van der Waals surface area contributed by atoms with Crippen LogP contribution in [0.25, 0.3) is 11.3 Å². The van der Waals surface area contributed by atoms with Crippen LogP contribution in [-0.2, 0) is 0 Å². The van der Waals surface area contributed by atoms with Gasteiger partial charge in [0.2, 0.25) is 0 Å². The molecule has 0 radical (unpaired) electrons. The summed E-state index contributed by atoms with van der Waals surface area (Å²) in [5.74, 6) is 0. The van der Waals surface area contributed by atoms with Gasteiger partial charge in [-0.25, -0.2) is 0 Å². The number of aromatic nitrogens is 2. The lowest BCUT2D eigenvalue weighted by atomic mass is 10.1. The molecule has 0 unspecified atom stereocenters. The standard InChI is InChI=1S/C15H10BrN5O3/c16-10-4-6-11(7-5-10)17-19-14-13(18-20-15(14)22)9-2-1-3-12(8-9)21(23)24/h1-8H,(H2,18,20,22). The Morgan fingerprint density at radius 3 is 2.50 bits per heavy atom. The molecule has 2 N–H and O–H groups in total. The minimum atomic E-state index is -0.503. The number of nitrogens with zero attached hydrogens (tertiary/aromatic N) is 3. The van der Waals surface area contributed by atoms with Gasteiger partial charge in [0.15, 0.2) is 5.69 Å². The van der Waals surface area contributed by atoms with Crippen molar-refractivity contribution in [1.82, 2.24) is 10.2 Å². The van der Waals surface area contributed by atoms with Gasteiger partial charge in [-0.05, 0) is 24.3 Å². The van der Waals surface area contributed by atoms with E-state index in [9.17, 15) is 14.9 Å². The first-order valence-corrected chi connectivity index (χ1v) is 7.56. The average Bonchev–Trinajstić information content (AvgIpc) is 2.95. The Bertz CT molecular complexity index is 975. The second-order valence-electron chi connectivity index (χ2n) is 4.79. The molecule has 0 atom stereocenters. The molecule has 0 spiro atoms. The molecule has 2 aromatic carbocycles. The molecule has 9 heteroatoms. The quantitative estimate of drug-likeness (QED) is 0.390. The van der Waals surface area contributed by atoms with E-state index in [-0.39, 0.29) is 11.4 Å². The summed E-state index contributed by atoms with van der Waals surface area (Å²) in [6.07, 6.45) is 0. The summed E-state index contributed by atoms with van der Waals surface area (Å²) >= 11 is 3.32. The fraction of sp³-hybridized carbons (Fsp3) is 0. The maximum atomic E-state index is 11.9. The Morgan fingerprint density at radius 1 is 1.04 bits per heavy atom. The molecule has 0 fully saturated rings. The molecule has 0 aliphatic heterocycles. The summed E-state index contributed by atoms with van der Waals surface area (Å²) in [5.41, 5.74) is 0.891. The summed E-state index contributed by atoms with van der Waals surface area (Å²) in [7, 11) is 0. The van der Waals surface area contributed by atoms with Gasteiger partial charge in [0.25, 0.3) is 11.2 Å². The number of aromatic amines is 2. The van der Waals surface area contributed by atoms with E-state index in [4.69, 9.17) is 0 Å². The summed E-state index contributed by atoms with van der Waals surface area (Å²) in [5, 5.41) is 24.0. The fourth-order valence-corrected chi connectivity index (χ4v) is 2.31. The Kier molecular flexibility index (Phi) is 4.34. The summed E-state index contributed by atoms with van der Waals surface area (Å²) in [6, 6.07) is 13.0. The van der Waals surface area contributed by atoms with Gasteiger partial charge in [-0.1, -0.05) is 28.1 Å². The van der Waals surface area contributed by atoms with Crippen LogP contribution >= 0.6 is 15.9 Å². The van der Waals surface area contributed by atoms with Crippen LogP contribution in [0.5, 0.6) is 0 Å². The van der Waals surface area contributed by atoms with Crippen LogP contribution in [0.3, 0.4) is 0 Å². The van der Waals surface area contributed by atoms with Crippen molar-refractivity contribution in [2.45, 2.75) is 0 Å². The highest BCUT2D eigenvalue weighted by molar-refractivity contribution is 9.10. The van der Waals surface area contributed by atoms with Crippen molar-refractivity contribution in [3.63, 3.8) is 0 Å². The number of azo groups is 1. The van der Waals surface area contributed by atoms with Crippen molar-refractivity contribution in [2.75, 3.05) is 0 Å². The third-order valence-corrected chi connectivity index (χ3v) is 3.72.